The van der Waals surface area contributed by atoms with Gasteiger partial charge < -0.3 is 20.5 Å². The van der Waals surface area contributed by atoms with Crippen molar-refractivity contribution < 1.29 is 14.3 Å². The van der Waals surface area contributed by atoms with Crippen LogP contribution >= 0.6 is 0 Å². The molecule has 0 bridgehead atoms. The Morgan fingerprint density at radius 2 is 2.25 bits per heavy atom. The normalized spacial score (nSPS) is 10.8. The van der Waals surface area contributed by atoms with Crippen molar-refractivity contribution in [1.82, 2.24) is 15.1 Å². The molecule has 0 saturated heterocycles. The summed E-state index contributed by atoms with van der Waals surface area (Å²) in [6, 6.07) is 0. The summed E-state index contributed by atoms with van der Waals surface area (Å²) in [5.41, 5.74) is 6.92. The monoisotopic (exact) mass is 284 g/mol. The molecule has 0 unspecified atom stereocenters. The average Bonchev–Trinajstić information content (AvgIpc) is 2.81. The van der Waals surface area contributed by atoms with Gasteiger partial charge in [0, 0.05) is 25.9 Å². The van der Waals surface area contributed by atoms with Crippen LogP contribution in [0, 0.1) is 6.92 Å². The van der Waals surface area contributed by atoms with Gasteiger partial charge in [0.2, 0.25) is 0 Å². The number of methoxy groups -OCH3 is 1. The van der Waals surface area contributed by atoms with Gasteiger partial charge in [-0.2, -0.15) is 5.10 Å². The molecule has 1 aromatic heterocycles. The lowest BCUT2D eigenvalue weighted by molar-refractivity contribution is 0.0692. The molecule has 1 amide bonds. The molecule has 0 radical (unpaired) electrons. The van der Waals surface area contributed by atoms with Crippen molar-refractivity contribution >= 4 is 5.91 Å². The second-order valence-corrected chi connectivity index (χ2v) is 4.37. The fourth-order valence-corrected chi connectivity index (χ4v) is 1.71. The van der Waals surface area contributed by atoms with Gasteiger partial charge in [-0.05, 0) is 19.9 Å². The van der Waals surface area contributed by atoms with E-state index in [4.69, 9.17) is 15.2 Å². The molecule has 0 atom stereocenters. The first kappa shape index (κ1) is 16.6. The molecule has 0 spiro atoms. The van der Waals surface area contributed by atoms with E-state index in [2.05, 4.69) is 10.4 Å². The molecule has 114 valence electrons. The molecular weight excluding hydrogens is 260 g/mol. The lowest BCUT2D eigenvalue weighted by atomic mass is 10.2. The fourth-order valence-electron chi connectivity index (χ4n) is 1.71. The molecule has 7 nitrogen and oxygen atoms in total. The number of hydrogen-bond donors (Lipinski definition) is 2. The number of ether oxygens (including phenoxy) is 2. The van der Waals surface area contributed by atoms with Crippen LogP contribution in [0.2, 0.25) is 0 Å². The molecule has 0 aliphatic carbocycles. The molecule has 1 rings (SSSR count). The SMILES string of the molecule is COCCOCCNC(=O)c1cnn(CCCN)c1C. The van der Waals surface area contributed by atoms with Crippen LogP contribution in [-0.2, 0) is 16.0 Å². The Balaban J connectivity index is 2.34. The number of hydrogen-bond acceptors (Lipinski definition) is 5. The number of nitrogens with two attached hydrogens (primary N) is 1. The summed E-state index contributed by atoms with van der Waals surface area (Å²) in [5.74, 6) is -0.128. The summed E-state index contributed by atoms with van der Waals surface area (Å²) in [5, 5.41) is 7.00. The quantitative estimate of drug-likeness (QED) is 0.587. The number of amides is 1. The van der Waals surface area contributed by atoms with Crippen molar-refractivity contribution in [2.24, 2.45) is 5.73 Å². The molecule has 0 aliphatic heterocycles. The van der Waals surface area contributed by atoms with Crippen LogP contribution in [0.5, 0.6) is 0 Å². The van der Waals surface area contributed by atoms with Crippen LogP contribution in [0.3, 0.4) is 0 Å². The van der Waals surface area contributed by atoms with Gasteiger partial charge in [0.1, 0.15) is 0 Å². The number of nitrogens with zero attached hydrogens (tertiary/aromatic N) is 2. The van der Waals surface area contributed by atoms with E-state index in [1.807, 2.05) is 6.92 Å². The average molecular weight is 284 g/mol. The molecule has 0 aromatic carbocycles. The maximum atomic E-state index is 12.0. The van der Waals surface area contributed by atoms with Crippen molar-refractivity contribution in [3.8, 4) is 0 Å². The van der Waals surface area contributed by atoms with Crippen molar-refractivity contribution in [2.75, 3.05) is 40.0 Å². The van der Waals surface area contributed by atoms with Crippen LogP contribution in [0.25, 0.3) is 0 Å². The highest BCUT2D eigenvalue weighted by atomic mass is 16.5. The third-order valence-corrected chi connectivity index (χ3v) is 2.89. The maximum Gasteiger partial charge on any atom is 0.254 e. The van der Waals surface area contributed by atoms with Crippen molar-refractivity contribution in [3.63, 3.8) is 0 Å². The number of rotatable bonds is 10. The first-order valence-electron chi connectivity index (χ1n) is 6.78. The Kier molecular flexibility index (Phi) is 7.86. The van der Waals surface area contributed by atoms with Crippen molar-refractivity contribution in [2.45, 2.75) is 19.9 Å². The molecule has 1 aromatic rings. The van der Waals surface area contributed by atoms with Gasteiger partial charge in [-0.1, -0.05) is 0 Å². The largest absolute Gasteiger partial charge is 0.382 e. The van der Waals surface area contributed by atoms with Gasteiger partial charge >= 0.3 is 0 Å². The summed E-state index contributed by atoms with van der Waals surface area (Å²) in [6.45, 7) is 5.25. The molecular formula is C13H24N4O3. The van der Waals surface area contributed by atoms with Gasteiger partial charge in [0.25, 0.3) is 5.91 Å². The first-order valence-corrected chi connectivity index (χ1v) is 6.78. The van der Waals surface area contributed by atoms with E-state index in [-0.39, 0.29) is 5.91 Å². The summed E-state index contributed by atoms with van der Waals surface area (Å²) >= 11 is 0. The van der Waals surface area contributed by atoms with E-state index in [0.29, 0.717) is 38.5 Å². The van der Waals surface area contributed by atoms with Gasteiger partial charge in [0.15, 0.2) is 0 Å². The predicted molar refractivity (Wildman–Crippen MR) is 75.7 cm³/mol. The third kappa shape index (κ3) is 5.28. The Morgan fingerprint density at radius 1 is 1.45 bits per heavy atom. The molecule has 20 heavy (non-hydrogen) atoms. The second kappa shape index (κ2) is 9.46. The fraction of sp³-hybridized carbons (Fsp3) is 0.692. The molecule has 0 saturated carbocycles. The van der Waals surface area contributed by atoms with E-state index in [1.54, 1.807) is 18.0 Å². The number of aryl methyl sites for hydroxylation is 1. The third-order valence-electron chi connectivity index (χ3n) is 2.89. The van der Waals surface area contributed by atoms with Gasteiger partial charge in [0.05, 0.1) is 31.6 Å². The zero-order valence-corrected chi connectivity index (χ0v) is 12.2. The van der Waals surface area contributed by atoms with E-state index in [9.17, 15) is 4.79 Å². The van der Waals surface area contributed by atoms with Crippen LogP contribution in [0.1, 0.15) is 22.5 Å². The number of nitrogens with one attached hydrogen (secondary N) is 1. The van der Waals surface area contributed by atoms with Crippen molar-refractivity contribution in [3.05, 3.63) is 17.5 Å². The number of carbonyl (C=O) groups is 1. The van der Waals surface area contributed by atoms with Gasteiger partial charge in [-0.25, -0.2) is 0 Å². The second-order valence-electron chi connectivity index (χ2n) is 4.37. The van der Waals surface area contributed by atoms with Gasteiger partial charge in [-0.3, -0.25) is 9.48 Å². The molecule has 7 heteroatoms. The minimum absolute atomic E-state index is 0.128. The Bertz CT molecular complexity index is 406. The summed E-state index contributed by atoms with van der Waals surface area (Å²) < 4.78 is 11.9. The standard InChI is InChI=1S/C13H24N4O3/c1-11-12(10-16-17(11)6-3-4-14)13(18)15-5-7-20-9-8-19-2/h10H,3-9,14H2,1-2H3,(H,15,18). The molecule has 1 heterocycles. The van der Waals surface area contributed by atoms with E-state index in [1.165, 1.54) is 0 Å². The maximum absolute atomic E-state index is 12.0. The minimum Gasteiger partial charge on any atom is -0.382 e. The van der Waals surface area contributed by atoms with Gasteiger partial charge in [-0.15, -0.1) is 0 Å². The van der Waals surface area contributed by atoms with Crippen molar-refractivity contribution in [1.29, 1.82) is 0 Å². The van der Waals surface area contributed by atoms with Crippen LogP contribution in [-0.4, -0.2) is 55.7 Å². The predicted octanol–water partition coefficient (Wildman–Crippen LogP) is -0.0669. The molecule has 3 N–H and O–H groups in total. The summed E-state index contributed by atoms with van der Waals surface area (Å²) in [7, 11) is 1.62. The van der Waals surface area contributed by atoms with E-state index < -0.39 is 0 Å². The minimum atomic E-state index is -0.128. The Hall–Kier alpha value is -1.44. The van der Waals surface area contributed by atoms with Crippen LogP contribution < -0.4 is 11.1 Å². The number of aromatic nitrogens is 2. The highest BCUT2D eigenvalue weighted by Crippen LogP contribution is 2.07. The Morgan fingerprint density at radius 3 is 2.95 bits per heavy atom. The first-order chi connectivity index (χ1) is 9.70. The van der Waals surface area contributed by atoms with Crippen LogP contribution in [0.15, 0.2) is 6.20 Å². The van der Waals surface area contributed by atoms with Crippen LogP contribution in [0.4, 0.5) is 0 Å². The molecule has 0 aliphatic rings. The van der Waals surface area contributed by atoms with E-state index >= 15 is 0 Å². The molecule has 0 fully saturated rings. The highest BCUT2D eigenvalue weighted by molar-refractivity contribution is 5.94. The Labute approximate surface area is 119 Å². The zero-order chi connectivity index (χ0) is 14.8. The topological polar surface area (TPSA) is 91.4 Å². The highest BCUT2D eigenvalue weighted by Gasteiger charge is 2.13. The summed E-state index contributed by atoms with van der Waals surface area (Å²) in [4.78, 5) is 12.0. The van der Waals surface area contributed by atoms with E-state index in [0.717, 1.165) is 18.7 Å². The number of carbonyl (C=O) groups excluding carboxylic acids is 1. The zero-order valence-electron chi connectivity index (χ0n) is 12.2. The summed E-state index contributed by atoms with van der Waals surface area (Å²) in [6.07, 6.45) is 2.43. The smallest absolute Gasteiger partial charge is 0.254 e. The lowest BCUT2D eigenvalue weighted by Crippen LogP contribution is -2.28. The lowest BCUT2D eigenvalue weighted by Gasteiger charge is -2.07.